The van der Waals surface area contributed by atoms with Crippen LogP contribution in [-0.4, -0.2) is 52.0 Å². The van der Waals surface area contributed by atoms with Gasteiger partial charge in [0.2, 0.25) is 0 Å². The number of rotatable bonds is 14. The van der Waals surface area contributed by atoms with E-state index in [1.807, 2.05) is 13.8 Å². The topological polar surface area (TPSA) is 85.9 Å². The fraction of sp³-hybridized carbons (Fsp3) is 0.524. The Kier molecular flexibility index (Phi) is 11.8. The van der Waals surface area contributed by atoms with Crippen molar-refractivity contribution in [3.8, 4) is 0 Å². The summed E-state index contributed by atoms with van der Waals surface area (Å²) < 4.78 is 42.2. The van der Waals surface area contributed by atoms with Crippen LogP contribution >= 0.6 is 0 Å². The molecule has 1 rings (SSSR count). The third-order valence-electron chi connectivity index (χ3n) is 4.13. The minimum atomic E-state index is -0.787. The lowest BCUT2D eigenvalue weighted by Crippen LogP contribution is -2.33. The van der Waals surface area contributed by atoms with Crippen LogP contribution in [0.25, 0.3) is 0 Å². The largest absolute Gasteiger partial charge is 0.385 e. The summed E-state index contributed by atoms with van der Waals surface area (Å²) in [5.41, 5.74) is -0.0930. The van der Waals surface area contributed by atoms with Gasteiger partial charge < -0.3 is 24.8 Å². The van der Waals surface area contributed by atoms with E-state index in [9.17, 15) is 18.4 Å². The highest BCUT2D eigenvalue weighted by Crippen LogP contribution is 2.10. The summed E-state index contributed by atoms with van der Waals surface area (Å²) >= 11 is 0. The van der Waals surface area contributed by atoms with Gasteiger partial charge in [-0.15, -0.1) is 0 Å². The molecule has 0 aliphatic rings. The molecule has 0 radical (unpaired) electrons. The maximum absolute atomic E-state index is 13.8. The van der Waals surface area contributed by atoms with Crippen LogP contribution in [-0.2, 0) is 30.3 Å². The molecule has 0 aliphatic carbocycles. The number of carbonyl (C=O) groups excluding carboxylic acids is 2. The van der Waals surface area contributed by atoms with Crippen LogP contribution < -0.4 is 10.6 Å². The highest BCUT2D eigenvalue weighted by atomic mass is 19.1. The van der Waals surface area contributed by atoms with Gasteiger partial charge >= 0.3 is 0 Å². The molecule has 0 aliphatic heterocycles. The Labute approximate surface area is 175 Å². The third kappa shape index (κ3) is 9.43. The number of benzene rings is 1. The summed E-state index contributed by atoms with van der Waals surface area (Å²) in [5, 5.41) is 5.27. The molecule has 0 fully saturated rings. The molecule has 0 saturated carbocycles. The molecule has 7 nitrogen and oxygen atoms in total. The average Bonchev–Trinajstić information content (AvgIpc) is 2.70. The van der Waals surface area contributed by atoms with Gasteiger partial charge in [-0.2, -0.15) is 0 Å². The number of ether oxygens (including phenoxy) is 3. The zero-order valence-corrected chi connectivity index (χ0v) is 17.8. The van der Waals surface area contributed by atoms with E-state index in [2.05, 4.69) is 10.6 Å². The van der Waals surface area contributed by atoms with Crippen molar-refractivity contribution in [2.24, 2.45) is 5.92 Å². The fourth-order valence-corrected chi connectivity index (χ4v) is 2.29. The number of hydrogen-bond donors (Lipinski definition) is 2. The number of nitrogens with one attached hydrogen (secondary N) is 2. The van der Waals surface area contributed by atoms with E-state index < -0.39 is 29.6 Å². The Hall–Kier alpha value is -2.36. The molecule has 30 heavy (non-hydrogen) atoms. The van der Waals surface area contributed by atoms with Crippen LogP contribution in [0.15, 0.2) is 30.0 Å². The van der Waals surface area contributed by atoms with Crippen molar-refractivity contribution in [2.45, 2.75) is 33.1 Å². The molecule has 2 N–H and O–H groups in total. The number of carbonyl (C=O) groups is 2. The van der Waals surface area contributed by atoms with Crippen LogP contribution in [0, 0.1) is 17.6 Å². The number of amides is 1. The van der Waals surface area contributed by atoms with E-state index in [4.69, 9.17) is 14.2 Å². The fourth-order valence-electron chi connectivity index (χ4n) is 2.29. The summed E-state index contributed by atoms with van der Waals surface area (Å²) in [4.78, 5) is 25.0. The second-order valence-corrected chi connectivity index (χ2v) is 6.94. The summed E-state index contributed by atoms with van der Waals surface area (Å²) in [6.07, 6.45) is 1.45. The first-order valence-corrected chi connectivity index (χ1v) is 9.60. The van der Waals surface area contributed by atoms with E-state index >= 15 is 0 Å². The molecule has 0 heterocycles. The SMILES string of the molecule is COC(CN/C=C(\C(=O)COCCC(C)C)C(=O)NCc1ccc(F)cc1F)OC. The van der Waals surface area contributed by atoms with Crippen molar-refractivity contribution in [3.05, 3.63) is 47.2 Å². The molecule has 1 aromatic rings. The van der Waals surface area contributed by atoms with Crippen molar-refractivity contribution in [1.29, 1.82) is 0 Å². The lowest BCUT2D eigenvalue weighted by molar-refractivity contribution is -0.125. The molecule has 0 saturated heterocycles. The summed E-state index contributed by atoms with van der Waals surface area (Å²) in [7, 11) is 2.91. The van der Waals surface area contributed by atoms with Crippen molar-refractivity contribution in [3.63, 3.8) is 0 Å². The Morgan fingerprint density at radius 2 is 1.87 bits per heavy atom. The average molecular weight is 428 g/mol. The Balaban J connectivity index is 2.78. The van der Waals surface area contributed by atoms with Crippen molar-refractivity contribution >= 4 is 11.7 Å². The first-order valence-electron chi connectivity index (χ1n) is 9.60. The number of ketones is 1. The maximum atomic E-state index is 13.8. The quantitative estimate of drug-likeness (QED) is 0.156. The molecule has 0 bridgehead atoms. The van der Waals surface area contributed by atoms with Crippen LogP contribution in [0.5, 0.6) is 0 Å². The Morgan fingerprint density at radius 3 is 2.47 bits per heavy atom. The van der Waals surface area contributed by atoms with Crippen LogP contribution in [0.1, 0.15) is 25.8 Å². The monoisotopic (exact) mass is 428 g/mol. The predicted molar refractivity (Wildman–Crippen MR) is 107 cm³/mol. The molecule has 0 unspecified atom stereocenters. The Morgan fingerprint density at radius 1 is 1.17 bits per heavy atom. The molecule has 1 amide bonds. The van der Waals surface area contributed by atoms with E-state index in [1.54, 1.807) is 0 Å². The van der Waals surface area contributed by atoms with Crippen LogP contribution in [0.4, 0.5) is 8.78 Å². The Bertz CT molecular complexity index is 721. The molecule has 0 atom stereocenters. The van der Waals surface area contributed by atoms with Crippen LogP contribution in [0.2, 0.25) is 0 Å². The van der Waals surface area contributed by atoms with Gasteiger partial charge in [-0.3, -0.25) is 9.59 Å². The number of hydrogen-bond acceptors (Lipinski definition) is 6. The highest BCUT2D eigenvalue weighted by Gasteiger charge is 2.19. The summed E-state index contributed by atoms with van der Waals surface area (Å²) in [6.45, 7) is 4.17. The van der Waals surface area contributed by atoms with Gasteiger partial charge in [0.05, 0.1) is 6.54 Å². The predicted octanol–water partition coefficient (Wildman–Crippen LogP) is 2.31. The van der Waals surface area contributed by atoms with E-state index in [0.717, 1.165) is 18.6 Å². The number of halogens is 2. The summed E-state index contributed by atoms with van der Waals surface area (Å²) in [5.74, 6) is -2.33. The second kappa shape index (κ2) is 13.8. The molecule has 1 aromatic carbocycles. The molecule has 9 heteroatoms. The van der Waals surface area contributed by atoms with E-state index in [-0.39, 0.29) is 30.8 Å². The lowest BCUT2D eigenvalue weighted by atomic mass is 10.1. The van der Waals surface area contributed by atoms with Crippen molar-refractivity contribution < 1.29 is 32.6 Å². The summed E-state index contributed by atoms with van der Waals surface area (Å²) in [6, 6.07) is 3.04. The third-order valence-corrected chi connectivity index (χ3v) is 4.13. The lowest BCUT2D eigenvalue weighted by Gasteiger charge is -2.14. The first kappa shape index (κ1) is 25.7. The molecule has 0 aromatic heterocycles. The minimum absolute atomic E-state index is 0.0940. The van der Waals surface area contributed by atoms with Gasteiger partial charge in [-0.05, 0) is 18.4 Å². The molecule has 0 spiro atoms. The number of methoxy groups -OCH3 is 2. The second-order valence-electron chi connectivity index (χ2n) is 6.94. The van der Waals surface area contributed by atoms with E-state index in [1.165, 1.54) is 26.5 Å². The van der Waals surface area contributed by atoms with Gasteiger partial charge in [0.1, 0.15) is 23.8 Å². The zero-order valence-electron chi connectivity index (χ0n) is 17.8. The van der Waals surface area contributed by atoms with Gasteiger partial charge in [-0.25, -0.2) is 8.78 Å². The molecular weight excluding hydrogens is 398 g/mol. The smallest absolute Gasteiger partial charge is 0.256 e. The molecular formula is C21H30F2N2O5. The van der Waals surface area contributed by atoms with Gasteiger partial charge in [0, 0.05) is 45.2 Å². The molecule has 168 valence electrons. The van der Waals surface area contributed by atoms with Crippen molar-refractivity contribution in [1.82, 2.24) is 10.6 Å². The van der Waals surface area contributed by atoms with E-state index in [0.29, 0.717) is 12.5 Å². The number of Topliss-reactive ketones (excluding diaryl/α,β-unsaturated/α-hetero) is 1. The van der Waals surface area contributed by atoms with Gasteiger partial charge in [0.15, 0.2) is 12.1 Å². The standard InChI is InChI=1S/C21H30F2N2O5/c1-14(2)7-8-30-13-19(26)17(11-24-12-20(28-3)29-4)21(27)25-10-15-5-6-16(22)9-18(15)23/h5-6,9,11,14,20,24H,7-8,10,12-13H2,1-4H3,(H,25,27)/b17-11+. The van der Waals surface area contributed by atoms with Gasteiger partial charge in [-0.1, -0.05) is 19.9 Å². The van der Waals surface area contributed by atoms with Crippen molar-refractivity contribution in [2.75, 3.05) is 34.0 Å². The zero-order chi connectivity index (χ0) is 22.5. The maximum Gasteiger partial charge on any atom is 0.256 e. The normalized spacial score (nSPS) is 11.8. The first-order chi connectivity index (χ1) is 14.3. The minimum Gasteiger partial charge on any atom is -0.385 e. The van der Waals surface area contributed by atoms with Crippen LogP contribution in [0.3, 0.4) is 0 Å². The highest BCUT2D eigenvalue weighted by molar-refractivity contribution is 6.19. The van der Waals surface area contributed by atoms with Gasteiger partial charge in [0.25, 0.3) is 5.91 Å².